The van der Waals surface area contributed by atoms with Gasteiger partial charge in [-0.3, -0.25) is 9.59 Å². The Bertz CT molecular complexity index is 788. The molecule has 0 aromatic heterocycles. The predicted octanol–water partition coefficient (Wildman–Crippen LogP) is 4.58. The lowest BCUT2D eigenvalue weighted by molar-refractivity contribution is -0.138. The zero-order valence-corrected chi connectivity index (χ0v) is 15.1. The summed E-state index contributed by atoms with van der Waals surface area (Å²) < 4.78 is 11.1. The van der Waals surface area contributed by atoms with Crippen LogP contribution in [0.2, 0.25) is 0 Å². The zero-order valence-electron chi connectivity index (χ0n) is 15.1. The van der Waals surface area contributed by atoms with E-state index < -0.39 is 0 Å². The van der Waals surface area contributed by atoms with Crippen LogP contribution in [-0.2, 0) is 9.59 Å². The average Bonchev–Trinajstić information content (AvgIpc) is 2.50. The smallest absolute Gasteiger partial charge is 0.313 e. The quantitative estimate of drug-likeness (QED) is 0.609. The van der Waals surface area contributed by atoms with Gasteiger partial charge in [0.15, 0.2) is 0 Å². The molecule has 0 amide bonds. The van der Waals surface area contributed by atoms with Crippen LogP contribution in [0.1, 0.15) is 38.8 Å². The molecule has 0 spiro atoms. The molecule has 0 atom stereocenters. The van der Waals surface area contributed by atoms with Gasteiger partial charge in [0.2, 0.25) is 0 Å². The topological polar surface area (TPSA) is 52.6 Å². The molecule has 0 bridgehead atoms. The van der Waals surface area contributed by atoms with Crippen molar-refractivity contribution in [2.24, 2.45) is 11.8 Å². The van der Waals surface area contributed by atoms with Crippen molar-refractivity contribution in [1.29, 1.82) is 0 Å². The highest BCUT2D eigenvalue weighted by atomic mass is 16.5. The number of aryl methyl sites for hydroxylation is 2. The molecule has 2 rings (SSSR count). The first-order valence-electron chi connectivity index (χ1n) is 8.18. The van der Waals surface area contributed by atoms with E-state index in [0.29, 0.717) is 11.5 Å². The first kappa shape index (κ1) is 18.0. The molecule has 0 aliphatic rings. The fraction of sp³-hybridized carbons (Fsp3) is 0.400. The number of hydrogen-bond acceptors (Lipinski definition) is 4. The summed E-state index contributed by atoms with van der Waals surface area (Å²) in [6.45, 7) is 11.0. The second-order valence-corrected chi connectivity index (χ2v) is 6.72. The van der Waals surface area contributed by atoms with Crippen molar-refractivity contribution in [2.75, 3.05) is 0 Å². The van der Waals surface area contributed by atoms with Gasteiger partial charge in [0.05, 0.1) is 11.8 Å². The number of ether oxygens (including phenoxy) is 2. The van der Waals surface area contributed by atoms with E-state index in [9.17, 15) is 9.59 Å². The van der Waals surface area contributed by atoms with Gasteiger partial charge in [-0.1, -0.05) is 45.4 Å². The van der Waals surface area contributed by atoms with Crippen LogP contribution in [0.15, 0.2) is 24.3 Å². The van der Waals surface area contributed by atoms with Gasteiger partial charge in [-0.15, -0.1) is 0 Å². The number of hydrogen-bond donors (Lipinski definition) is 0. The SMILES string of the molecule is Cc1ccc2c(OC(=O)C(C)C)c(C)cc(OC(=O)C(C)C)c2c1. The normalized spacial score (nSPS) is 11.2. The third-order valence-electron chi connectivity index (χ3n) is 3.75. The van der Waals surface area contributed by atoms with Gasteiger partial charge in [-0.2, -0.15) is 0 Å². The van der Waals surface area contributed by atoms with Crippen molar-refractivity contribution in [3.8, 4) is 11.5 Å². The van der Waals surface area contributed by atoms with E-state index >= 15 is 0 Å². The van der Waals surface area contributed by atoms with E-state index in [1.165, 1.54) is 0 Å². The van der Waals surface area contributed by atoms with Crippen molar-refractivity contribution >= 4 is 22.7 Å². The van der Waals surface area contributed by atoms with E-state index in [4.69, 9.17) is 9.47 Å². The van der Waals surface area contributed by atoms with Gasteiger partial charge >= 0.3 is 11.9 Å². The highest BCUT2D eigenvalue weighted by Crippen LogP contribution is 2.37. The molecular formula is C20H24O4. The van der Waals surface area contributed by atoms with E-state index in [2.05, 4.69) is 0 Å². The molecule has 128 valence electrons. The highest BCUT2D eigenvalue weighted by Gasteiger charge is 2.19. The van der Waals surface area contributed by atoms with Crippen LogP contribution in [0.4, 0.5) is 0 Å². The van der Waals surface area contributed by atoms with E-state index in [1.807, 2.05) is 32.0 Å². The molecule has 0 heterocycles. The molecule has 4 heteroatoms. The molecule has 0 saturated heterocycles. The Hall–Kier alpha value is -2.36. The van der Waals surface area contributed by atoms with Crippen LogP contribution >= 0.6 is 0 Å². The Morgan fingerprint density at radius 2 is 1.42 bits per heavy atom. The molecule has 2 aromatic carbocycles. The maximum Gasteiger partial charge on any atom is 0.313 e. The minimum absolute atomic E-state index is 0.219. The molecule has 0 radical (unpaired) electrons. The highest BCUT2D eigenvalue weighted by molar-refractivity contribution is 5.97. The van der Waals surface area contributed by atoms with Crippen molar-refractivity contribution in [1.82, 2.24) is 0 Å². The first-order chi connectivity index (χ1) is 11.2. The molecule has 0 saturated carbocycles. The predicted molar refractivity (Wildman–Crippen MR) is 94.4 cm³/mol. The lowest BCUT2D eigenvalue weighted by atomic mass is 10.0. The van der Waals surface area contributed by atoms with Crippen LogP contribution in [0.25, 0.3) is 10.8 Å². The second-order valence-electron chi connectivity index (χ2n) is 6.72. The van der Waals surface area contributed by atoms with Crippen molar-refractivity contribution in [3.63, 3.8) is 0 Å². The van der Waals surface area contributed by atoms with Crippen molar-refractivity contribution < 1.29 is 19.1 Å². The van der Waals surface area contributed by atoms with Crippen LogP contribution in [0.5, 0.6) is 11.5 Å². The van der Waals surface area contributed by atoms with Crippen LogP contribution in [-0.4, -0.2) is 11.9 Å². The lowest BCUT2D eigenvalue weighted by Gasteiger charge is -2.16. The van der Waals surface area contributed by atoms with E-state index in [1.54, 1.807) is 33.8 Å². The number of carbonyl (C=O) groups is 2. The van der Waals surface area contributed by atoms with Gasteiger partial charge in [0.1, 0.15) is 11.5 Å². The number of esters is 2. The molecule has 2 aromatic rings. The standard InChI is InChI=1S/C20H24O4/c1-11(2)19(21)23-17-10-14(6)18(24-20(22)12(3)4)15-8-7-13(5)9-16(15)17/h7-12H,1-6H3. The fourth-order valence-electron chi connectivity index (χ4n) is 2.28. The molecular weight excluding hydrogens is 304 g/mol. The minimum atomic E-state index is -0.288. The van der Waals surface area contributed by atoms with E-state index in [0.717, 1.165) is 21.9 Å². The first-order valence-corrected chi connectivity index (χ1v) is 8.18. The van der Waals surface area contributed by atoms with Gasteiger partial charge in [-0.25, -0.2) is 0 Å². The second kappa shape index (κ2) is 7.04. The Morgan fingerprint density at radius 1 is 0.833 bits per heavy atom. The summed E-state index contributed by atoms with van der Waals surface area (Å²) in [5, 5.41) is 1.53. The molecule has 0 aliphatic heterocycles. The van der Waals surface area contributed by atoms with Gasteiger partial charge in [0.25, 0.3) is 0 Å². The van der Waals surface area contributed by atoms with Crippen LogP contribution < -0.4 is 9.47 Å². The van der Waals surface area contributed by atoms with Crippen LogP contribution in [0.3, 0.4) is 0 Å². The Balaban J connectivity index is 2.60. The zero-order chi connectivity index (χ0) is 18.0. The van der Waals surface area contributed by atoms with Gasteiger partial charge in [-0.05, 0) is 31.5 Å². The fourth-order valence-corrected chi connectivity index (χ4v) is 2.28. The van der Waals surface area contributed by atoms with E-state index in [-0.39, 0.29) is 23.8 Å². The molecule has 4 nitrogen and oxygen atoms in total. The third-order valence-corrected chi connectivity index (χ3v) is 3.75. The minimum Gasteiger partial charge on any atom is -0.426 e. The Kier molecular flexibility index (Phi) is 5.27. The average molecular weight is 328 g/mol. The number of benzene rings is 2. The third kappa shape index (κ3) is 3.75. The summed E-state index contributed by atoms with van der Waals surface area (Å²) in [6.07, 6.45) is 0. The summed E-state index contributed by atoms with van der Waals surface area (Å²) >= 11 is 0. The van der Waals surface area contributed by atoms with Crippen molar-refractivity contribution in [2.45, 2.75) is 41.5 Å². The number of fused-ring (bicyclic) bond motifs is 1. The van der Waals surface area contributed by atoms with Gasteiger partial charge < -0.3 is 9.47 Å². The molecule has 0 aliphatic carbocycles. The van der Waals surface area contributed by atoms with Crippen LogP contribution in [0, 0.1) is 25.7 Å². The summed E-state index contributed by atoms with van der Waals surface area (Å²) in [5.74, 6) is 0.00489. The molecule has 24 heavy (non-hydrogen) atoms. The largest absolute Gasteiger partial charge is 0.426 e. The molecule has 0 N–H and O–H groups in total. The maximum atomic E-state index is 12.0. The monoisotopic (exact) mass is 328 g/mol. The molecule has 0 unspecified atom stereocenters. The summed E-state index contributed by atoms with van der Waals surface area (Å²) in [7, 11) is 0. The molecule has 0 fully saturated rings. The number of rotatable bonds is 4. The summed E-state index contributed by atoms with van der Waals surface area (Å²) in [4.78, 5) is 24.0. The van der Waals surface area contributed by atoms with Crippen molar-refractivity contribution in [3.05, 3.63) is 35.4 Å². The summed E-state index contributed by atoms with van der Waals surface area (Å²) in [6, 6.07) is 7.53. The number of carbonyl (C=O) groups excluding carboxylic acids is 2. The Labute approximate surface area is 142 Å². The maximum absolute atomic E-state index is 12.0. The lowest BCUT2D eigenvalue weighted by Crippen LogP contribution is -2.17. The Morgan fingerprint density at radius 3 is 2.00 bits per heavy atom. The van der Waals surface area contributed by atoms with Gasteiger partial charge in [0, 0.05) is 10.8 Å². The summed E-state index contributed by atoms with van der Waals surface area (Å²) in [5.41, 5.74) is 1.79.